The molecule has 0 bridgehead atoms. The van der Waals surface area contributed by atoms with Gasteiger partial charge in [-0.3, -0.25) is 4.79 Å². The molecule has 1 aromatic rings. The van der Waals surface area contributed by atoms with Crippen molar-refractivity contribution in [1.82, 2.24) is 5.32 Å². The third-order valence-electron chi connectivity index (χ3n) is 2.11. The Hall–Kier alpha value is -1.31. The SMILES string of the molecule is Cc1ccc(CNC(=O)C(C)C)cc1. The summed E-state index contributed by atoms with van der Waals surface area (Å²) in [5.41, 5.74) is 2.38. The normalized spacial score (nSPS) is 10.3. The largest absolute Gasteiger partial charge is 0.352 e. The summed E-state index contributed by atoms with van der Waals surface area (Å²) < 4.78 is 0. The van der Waals surface area contributed by atoms with Crippen LogP contribution in [-0.4, -0.2) is 5.91 Å². The fraction of sp³-hybridized carbons (Fsp3) is 0.417. The summed E-state index contributed by atoms with van der Waals surface area (Å²) in [5.74, 6) is 0.158. The van der Waals surface area contributed by atoms with E-state index in [9.17, 15) is 4.79 Å². The Morgan fingerprint density at radius 2 is 1.86 bits per heavy atom. The van der Waals surface area contributed by atoms with Crippen molar-refractivity contribution in [3.05, 3.63) is 35.4 Å². The Labute approximate surface area is 85.3 Å². The van der Waals surface area contributed by atoms with E-state index in [4.69, 9.17) is 0 Å². The molecule has 0 atom stereocenters. The summed E-state index contributed by atoms with van der Waals surface area (Å²) in [7, 11) is 0. The minimum Gasteiger partial charge on any atom is -0.352 e. The predicted octanol–water partition coefficient (Wildman–Crippen LogP) is 2.27. The third kappa shape index (κ3) is 3.21. The summed E-state index contributed by atoms with van der Waals surface area (Å²) in [6, 6.07) is 8.18. The number of hydrogen-bond acceptors (Lipinski definition) is 1. The monoisotopic (exact) mass is 191 g/mol. The molecule has 0 heterocycles. The van der Waals surface area contributed by atoms with Crippen LogP contribution in [0.4, 0.5) is 0 Å². The number of aryl methyl sites for hydroxylation is 1. The Kier molecular flexibility index (Phi) is 3.69. The average molecular weight is 191 g/mol. The Bertz CT molecular complexity index is 301. The topological polar surface area (TPSA) is 29.1 Å². The fourth-order valence-corrected chi connectivity index (χ4v) is 1.10. The average Bonchev–Trinajstić information content (AvgIpc) is 2.16. The number of hydrogen-bond donors (Lipinski definition) is 1. The quantitative estimate of drug-likeness (QED) is 0.780. The number of benzene rings is 1. The van der Waals surface area contributed by atoms with Crippen LogP contribution in [0.1, 0.15) is 25.0 Å². The van der Waals surface area contributed by atoms with Gasteiger partial charge in [-0.05, 0) is 12.5 Å². The van der Waals surface area contributed by atoms with Crippen molar-refractivity contribution in [3.63, 3.8) is 0 Å². The molecule has 0 fully saturated rings. The zero-order valence-corrected chi connectivity index (χ0v) is 9.00. The third-order valence-corrected chi connectivity index (χ3v) is 2.11. The molecule has 1 aromatic carbocycles. The van der Waals surface area contributed by atoms with Crippen molar-refractivity contribution in [2.75, 3.05) is 0 Å². The first kappa shape index (κ1) is 10.8. The minimum atomic E-state index is 0.0560. The molecule has 1 rings (SSSR count). The molecule has 1 amide bonds. The van der Waals surface area contributed by atoms with Crippen molar-refractivity contribution >= 4 is 5.91 Å². The smallest absolute Gasteiger partial charge is 0.222 e. The highest BCUT2D eigenvalue weighted by atomic mass is 16.1. The fourth-order valence-electron chi connectivity index (χ4n) is 1.10. The first-order valence-corrected chi connectivity index (χ1v) is 4.93. The van der Waals surface area contributed by atoms with Crippen LogP contribution in [0.5, 0.6) is 0 Å². The molecule has 0 radical (unpaired) electrons. The van der Waals surface area contributed by atoms with Gasteiger partial charge in [0.05, 0.1) is 0 Å². The molecular weight excluding hydrogens is 174 g/mol. The molecule has 0 aromatic heterocycles. The van der Waals surface area contributed by atoms with Gasteiger partial charge >= 0.3 is 0 Å². The number of carbonyl (C=O) groups excluding carboxylic acids is 1. The Balaban J connectivity index is 2.46. The maximum atomic E-state index is 11.3. The molecule has 0 saturated heterocycles. The molecule has 0 spiro atoms. The van der Waals surface area contributed by atoms with Gasteiger partial charge in [-0.25, -0.2) is 0 Å². The van der Waals surface area contributed by atoms with Gasteiger partial charge in [-0.2, -0.15) is 0 Å². The van der Waals surface area contributed by atoms with Crippen LogP contribution in [0, 0.1) is 12.8 Å². The van der Waals surface area contributed by atoms with Crippen molar-refractivity contribution in [3.8, 4) is 0 Å². The molecule has 0 aliphatic rings. The van der Waals surface area contributed by atoms with E-state index < -0.39 is 0 Å². The van der Waals surface area contributed by atoms with Gasteiger partial charge in [0, 0.05) is 12.5 Å². The lowest BCUT2D eigenvalue weighted by Crippen LogP contribution is -2.27. The van der Waals surface area contributed by atoms with E-state index in [0.717, 1.165) is 5.56 Å². The second-order valence-corrected chi connectivity index (χ2v) is 3.86. The predicted molar refractivity (Wildman–Crippen MR) is 57.9 cm³/mol. The first-order chi connectivity index (χ1) is 6.59. The molecule has 2 heteroatoms. The minimum absolute atomic E-state index is 0.0560. The lowest BCUT2D eigenvalue weighted by atomic mass is 10.1. The second-order valence-electron chi connectivity index (χ2n) is 3.86. The molecule has 1 N–H and O–H groups in total. The van der Waals surface area contributed by atoms with Gasteiger partial charge in [-0.15, -0.1) is 0 Å². The van der Waals surface area contributed by atoms with E-state index >= 15 is 0 Å². The van der Waals surface area contributed by atoms with Gasteiger partial charge in [0.25, 0.3) is 0 Å². The highest BCUT2D eigenvalue weighted by Crippen LogP contribution is 2.03. The van der Waals surface area contributed by atoms with Crippen molar-refractivity contribution < 1.29 is 4.79 Å². The second kappa shape index (κ2) is 4.80. The molecule has 0 aliphatic carbocycles. The van der Waals surface area contributed by atoms with Gasteiger partial charge < -0.3 is 5.32 Å². The lowest BCUT2D eigenvalue weighted by Gasteiger charge is -2.07. The first-order valence-electron chi connectivity index (χ1n) is 4.93. The van der Waals surface area contributed by atoms with E-state index in [1.165, 1.54) is 5.56 Å². The highest BCUT2D eigenvalue weighted by molar-refractivity contribution is 5.77. The number of amides is 1. The molecule has 76 valence electrons. The lowest BCUT2D eigenvalue weighted by molar-refractivity contribution is -0.124. The Morgan fingerprint density at radius 3 is 2.36 bits per heavy atom. The number of carbonyl (C=O) groups is 1. The highest BCUT2D eigenvalue weighted by Gasteiger charge is 2.05. The van der Waals surface area contributed by atoms with Crippen LogP contribution in [0.15, 0.2) is 24.3 Å². The maximum Gasteiger partial charge on any atom is 0.222 e. The molecule has 0 unspecified atom stereocenters. The molecule has 0 aliphatic heterocycles. The van der Waals surface area contributed by atoms with Crippen LogP contribution >= 0.6 is 0 Å². The van der Waals surface area contributed by atoms with Gasteiger partial charge in [0.15, 0.2) is 0 Å². The maximum absolute atomic E-state index is 11.3. The van der Waals surface area contributed by atoms with Crippen molar-refractivity contribution in [1.29, 1.82) is 0 Å². The molecule has 2 nitrogen and oxygen atoms in total. The van der Waals surface area contributed by atoms with E-state index in [1.807, 2.05) is 26.0 Å². The van der Waals surface area contributed by atoms with Crippen LogP contribution in [0.2, 0.25) is 0 Å². The van der Waals surface area contributed by atoms with Gasteiger partial charge in [-0.1, -0.05) is 43.7 Å². The van der Waals surface area contributed by atoms with E-state index in [2.05, 4.69) is 24.4 Å². The van der Waals surface area contributed by atoms with Crippen LogP contribution < -0.4 is 5.32 Å². The van der Waals surface area contributed by atoms with Crippen LogP contribution in [-0.2, 0) is 11.3 Å². The van der Waals surface area contributed by atoms with Crippen LogP contribution in [0.25, 0.3) is 0 Å². The Morgan fingerprint density at radius 1 is 1.29 bits per heavy atom. The summed E-state index contributed by atoms with van der Waals surface area (Å²) in [6.07, 6.45) is 0. The summed E-state index contributed by atoms with van der Waals surface area (Å²) in [5, 5.41) is 2.88. The standard InChI is InChI=1S/C12H17NO/c1-9(2)12(14)13-8-11-6-4-10(3)5-7-11/h4-7,9H,8H2,1-3H3,(H,13,14). The van der Waals surface area contributed by atoms with E-state index in [-0.39, 0.29) is 11.8 Å². The number of rotatable bonds is 3. The zero-order valence-electron chi connectivity index (χ0n) is 9.00. The zero-order chi connectivity index (χ0) is 10.6. The van der Waals surface area contributed by atoms with Gasteiger partial charge in [0.2, 0.25) is 5.91 Å². The summed E-state index contributed by atoms with van der Waals surface area (Å²) in [4.78, 5) is 11.3. The van der Waals surface area contributed by atoms with E-state index in [0.29, 0.717) is 6.54 Å². The summed E-state index contributed by atoms with van der Waals surface area (Å²) >= 11 is 0. The van der Waals surface area contributed by atoms with Crippen molar-refractivity contribution in [2.45, 2.75) is 27.3 Å². The molecule has 0 saturated carbocycles. The van der Waals surface area contributed by atoms with Crippen LogP contribution in [0.3, 0.4) is 0 Å². The van der Waals surface area contributed by atoms with Gasteiger partial charge in [0.1, 0.15) is 0 Å². The molecular formula is C12H17NO. The van der Waals surface area contributed by atoms with E-state index in [1.54, 1.807) is 0 Å². The van der Waals surface area contributed by atoms with Crippen molar-refractivity contribution in [2.24, 2.45) is 5.92 Å². The number of nitrogens with one attached hydrogen (secondary N) is 1. The molecule has 14 heavy (non-hydrogen) atoms. The summed E-state index contributed by atoms with van der Waals surface area (Å²) in [6.45, 7) is 6.46.